The highest BCUT2D eigenvalue weighted by molar-refractivity contribution is 5.78. The van der Waals surface area contributed by atoms with Crippen molar-refractivity contribution < 1.29 is 9.59 Å². The largest absolute Gasteiger partial charge is 0.376 e. The number of carbonyl (C=O) groups is 2. The summed E-state index contributed by atoms with van der Waals surface area (Å²) in [5, 5.41) is 4.14. The van der Waals surface area contributed by atoms with Gasteiger partial charge in [0.25, 0.3) is 5.56 Å². The zero-order valence-corrected chi connectivity index (χ0v) is 16.3. The highest BCUT2D eigenvalue weighted by Gasteiger charge is 2.29. The minimum Gasteiger partial charge on any atom is -0.376 e. The predicted octanol–water partition coefficient (Wildman–Crippen LogP) is 0.703. The molecule has 8 heteroatoms. The Kier molecular flexibility index (Phi) is 6.13. The molecular weight excluding hydrogens is 346 g/mol. The number of piperidine rings is 1. The maximum absolute atomic E-state index is 12.8. The smallest absolute Gasteiger partial charge is 0.269 e. The molecule has 0 N–H and O–H groups in total. The summed E-state index contributed by atoms with van der Waals surface area (Å²) in [5.41, 5.74) is 0.445. The normalized spacial score (nSPS) is 20.2. The Balaban J connectivity index is 1.63. The maximum Gasteiger partial charge on any atom is 0.269 e. The van der Waals surface area contributed by atoms with Crippen LogP contribution < -0.4 is 10.5 Å². The van der Waals surface area contributed by atoms with Gasteiger partial charge in [0.15, 0.2) is 0 Å². The van der Waals surface area contributed by atoms with Crippen LogP contribution in [0.15, 0.2) is 17.1 Å². The Labute approximate surface area is 159 Å². The minimum absolute atomic E-state index is 0.0360. The molecule has 8 nitrogen and oxygen atoms in total. The topological polar surface area (TPSA) is 78.8 Å². The predicted molar refractivity (Wildman–Crippen MR) is 103 cm³/mol. The van der Waals surface area contributed by atoms with Crippen LogP contribution in [0.5, 0.6) is 0 Å². The van der Waals surface area contributed by atoms with Gasteiger partial charge in [0.1, 0.15) is 6.54 Å². The van der Waals surface area contributed by atoms with Gasteiger partial charge in [-0.15, -0.1) is 0 Å². The second-order valence-electron chi connectivity index (χ2n) is 7.61. The first-order chi connectivity index (χ1) is 13.0. The Morgan fingerprint density at radius 3 is 2.70 bits per heavy atom. The Hall–Kier alpha value is -2.38. The van der Waals surface area contributed by atoms with Crippen LogP contribution >= 0.6 is 0 Å². The van der Waals surface area contributed by atoms with Gasteiger partial charge in [-0.2, -0.15) is 5.10 Å². The fourth-order valence-corrected chi connectivity index (χ4v) is 3.88. The molecule has 0 spiro atoms. The van der Waals surface area contributed by atoms with Crippen molar-refractivity contribution in [2.24, 2.45) is 0 Å². The number of rotatable bonds is 6. The van der Waals surface area contributed by atoms with Crippen molar-refractivity contribution in [1.29, 1.82) is 0 Å². The van der Waals surface area contributed by atoms with Crippen LogP contribution in [0.25, 0.3) is 0 Å². The van der Waals surface area contributed by atoms with Crippen molar-refractivity contribution in [2.75, 3.05) is 38.6 Å². The van der Waals surface area contributed by atoms with Gasteiger partial charge in [-0.3, -0.25) is 14.4 Å². The molecule has 2 amide bonds. The van der Waals surface area contributed by atoms with E-state index in [1.54, 1.807) is 11.1 Å². The Bertz CT molecular complexity index is 745. The number of nitrogens with zero attached hydrogens (tertiary/aromatic N) is 5. The molecule has 2 fully saturated rings. The van der Waals surface area contributed by atoms with Crippen molar-refractivity contribution in [3.63, 3.8) is 0 Å². The van der Waals surface area contributed by atoms with Gasteiger partial charge in [0.05, 0.1) is 11.9 Å². The molecule has 1 aromatic rings. The average Bonchev–Trinajstić information content (AvgIpc) is 3.06. The van der Waals surface area contributed by atoms with Gasteiger partial charge in [-0.1, -0.05) is 0 Å². The molecular formula is C19H29N5O3. The number of carbonyl (C=O) groups excluding carboxylic acids is 2. The lowest BCUT2D eigenvalue weighted by molar-refractivity contribution is -0.136. The van der Waals surface area contributed by atoms with E-state index in [2.05, 4.69) is 5.10 Å². The lowest BCUT2D eigenvalue weighted by Crippen LogP contribution is -2.47. The third kappa shape index (κ3) is 4.67. The molecule has 1 aromatic heterocycles. The van der Waals surface area contributed by atoms with Crippen LogP contribution in [-0.2, 0) is 16.1 Å². The first kappa shape index (κ1) is 19.4. The molecule has 2 saturated heterocycles. The number of likely N-dealkylation sites (tertiary alicyclic amines) is 2. The summed E-state index contributed by atoms with van der Waals surface area (Å²) < 4.78 is 1.23. The quantitative estimate of drug-likeness (QED) is 0.731. The van der Waals surface area contributed by atoms with E-state index >= 15 is 0 Å². The molecule has 2 aliphatic heterocycles. The number of anilines is 1. The van der Waals surface area contributed by atoms with Gasteiger partial charge < -0.3 is 14.7 Å². The molecule has 3 heterocycles. The van der Waals surface area contributed by atoms with E-state index in [0.717, 1.165) is 44.3 Å². The van der Waals surface area contributed by atoms with E-state index in [-0.39, 0.29) is 30.0 Å². The number of aromatic nitrogens is 2. The molecule has 0 aromatic carbocycles. The molecule has 0 radical (unpaired) electrons. The SMILES string of the molecule is CN(C)c1cnn(CC(=O)N2CCCC[C@@H]2CCN2CCCC2=O)c(=O)c1. The molecule has 148 valence electrons. The van der Waals surface area contributed by atoms with Gasteiger partial charge in [0, 0.05) is 52.3 Å². The van der Waals surface area contributed by atoms with E-state index in [1.165, 1.54) is 10.7 Å². The molecule has 2 aliphatic rings. The van der Waals surface area contributed by atoms with Crippen molar-refractivity contribution in [1.82, 2.24) is 19.6 Å². The monoisotopic (exact) mass is 375 g/mol. The molecule has 27 heavy (non-hydrogen) atoms. The van der Waals surface area contributed by atoms with Crippen LogP contribution in [0, 0.1) is 0 Å². The fourth-order valence-electron chi connectivity index (χ4n) is 3.88. The lowest BCUT2D eigenvalue weighted by Gasteiger charge is -2.36. The lowest BCUT2D eigenvalue weighted by atomic mass is 9.99. The summed E-state index contributed by atoms with van der Waals surface area (Å²) in [6, 6.07) is 1.63. The van der Waals surface area contributed by atoms with Crippen molar-refractivity contribution in [3.8, 4) is 0 Å². The third-order valence-electron chi connectivity index (χ3n) is 5.51. The molecule has 0 aliphatic carbocycles. The number of hydrogen-bond donors (Lipinski definition) is 0. The number of amides is 2. The molecule has 0 saturated carbocycles. The fraction of sp³-hybridized carbons (Fsp3) is 0.684. The van der Waals surface area contributed by atoms with E-state index in [9.17, 15) is 14.4 Å². The van der Waals surface area contributed by atoms with Crippen molar-refractivity contribution in [2.45, 2.75) is 51.1 Å². The summed E-state index contributed by atoms with van der Waals surface area (Å²) in [6.45, 7) is 2.22. The summed E-state index contributed by atoms with van der Waals surface area (Å²) in [7, 11) is 3.69. The van der Waals surface area contributed by atoms with Gasteiger partial charge in [-0.05, 0) is 32.1 Å². The van der Waals surface area contributed by atoms with Gasteiger partial charge in [-0.25, -0.2) is 4.68 Å². The summed E-state index contributed by atoms with van der Waals surface area (Å²) >= 11 is 0. The van der Waals surface area contributed by atoms with E-state index in [0.29, 0.717) is 19.5 Å². The van der Waals surface area contributed by atoms with E-state index in [4.69, 9.17) is 0 Å². The Morgan fingerprint density at radius 2 is 2.04 bits per heavy atom. The Morgan fingerprint density at radius 1 is 1.22 bits per heavy atom. The van der Waals surface area contributed by atoms with Crippen molar-refractivity contribution in [3.05, 3.63) is 22.6 Å². The second kappa shape index (κ2) is 8.54. The van der Waals surface area contributed by atoms with Crippen LogP contribution in [0.4, 0.5) is 5.69 Å². The first-order valence-corrected chi connectivity index (χ1v) is 9.77. The maximum atomic E-state index is 12.8. The zero-order valence-electron chi connectivity index (χ0n) is 16.3. The standard InChI is InChI=1S/C19H29N5O3/c1-21(2)16-12-18(26)24(20-13-16)14-19(27)23-10-4-3-6-15(23)8-11-22-9-5-7-17(22)25/h12-13,15H,3-11,14H2,1-2H3/t15-/m1/s1. The number of hydrogen-bond acceptors (Lipinski definition) is 5. The van der Waals surface area contributed by atoms with Crippen molar-refractivity contribution >= 4 is 17.5 Å². The third-order valence-corrected chi connectivity index (χ3v) is 5.51. The second-order valence-corrected chi connectivity index (χ2v) is 7.61. The highest BCUT2D eigenvalue weighted by atomic mass is 16.2. The van der Waals surface area contributed by atoms with Crippen LogP contribution in [0.1, 0.15) is 38.5 Å². The summed E-state index contributed by atoms with van der Waals surface area (Å²) in [4.78, 5) is 42.5. The first-order valence-electron chi connectivity index (χ1n) is 9.77. The molecule has 0 unspecified atom stereocenters. The van der Waals surface area contributed by atoms with E-state index in [1.807, 2.05) is 23.9 Å². The summed E-state index contributed by atoms with van der Waals surface area (Å²) in [5.74, 6) is 0.153. The highest BCUT2D eigenvalue weighted by Crippen LogP contribution is 2.21. The molecule has 3 rings (SSSR count). The van der Waals surface area contributed by atoms with Crippen LogP contribution in [0.2, 0.25) is 0 Å². The van der Waals surface area contributed by atoms with Gasteiger partial charge >= 0.3 is 0 Å². The van der Waals surface area contributed by atoms with Gasteiger partial charge in [0.2, 0.25) is 11.8 Å². The zero-order chi connectivity index (χ0) is 19.4. The van der Waals surface area contributed by atoms with E-state index < -0.39 is 0 Å². The summed E-state index contributed by atoms with van der Waals surface area (Å²) in [6.07, 6.45) is 7.01. The minimum atomic E-state index is -0.272. The average molecular weight is 375 g/mol. The molecule has 0 bridgehead atoms. The van der Waals surface area contributed by atoms with Crippen LogP contribution in [-0.4, -0.2) is 71.2 Å². The van der Waals surface area contributed by atoms with Crippen LogP contribution in [0.3, 0.4) is 0 Å². The molecule has 1 atom stereocenters.